The highest BCUT2D eigenvalue weighted by molar-refractivity contribution is 7.93. The first-order chi connectivity index (χ1) is 10.0. The van der Waals surface area contributed by atoms with Gasteiger partial charge in [0.05, 0.1) is 17.6 Å². The number of sulfonamides is 1. The zero-order valence-corrected chi connectivity index (χ0v) is 12.2. The number of nitrogens with two attached hydrogens (primary N) is 1. The van der Waals surface area contributed by atoms with Gasteiger partial charge in [0.15, 0.2) is 5.13 Å². The summed E-state index contributed by atoms with van der Waals surface area (Å²) in [4.78, 5) is 8.20. The van der Waals surface area contributed by atoms with Crippen molar-refractivity contribution in [3.05, 3.63) is 35.1 Å². The van der Waals surface area contributed by atoms with Gasteiger partial charge >= 0.3 is 0 Å². The summed E-state index contributed by atoms with van der Waals surface area (Å²) in [6.07, 6.45) is 2.58. The van der Waals surface area contributed by atoms with Gasteiger partial charge in [0.25, 0.3) is 10.0 Å². The van der Waals surface area contributed by atoms with Gasteiger partial charge in [0.2, 0.25) is 0 Å². The second kappa shape index (κ2) is 6.33. The molecule has 0 saturated heterocycles. The zero-order chi connectivity index (χ0) is 15.3. The van der Waals surface area contributed by atoms with E-state index in [9.17, 15) is 8.42 Å². The summed E-state index contributed by atoms with van der Waals surface area (Å²) in [7, 11) is -3.79. The molecule has 2 aromatic heterocycles. The molecule has 0 unspecified atom stereocenters. The number of thiazole rings is 1. The molecular weight excluding hydrogens is 310 g/mol. The molecule has 0 atom stereocenters. The Kier molecular flexibility index (Phi) is 4.50. The Morgan fingerprint density at radius 1 is 1.33 bits per heavy atom. The van der Waals surface area contributed by atoms with Crippen LogP contribution in [0.1, 0.15) is 10.6 Å². The number of aromatic nitrogens is 2. The van der Waals surface area contributed by atoms with Crippen LogP contribution in [0, 0.1) is 23.2 Å². The predicted octanol–water partition coefficient (Wildman–Crippen LogP) is 0.521. The van der Waals surface area contributed by atoms with Crippen LogP contribution >= 0.6 is 11.3 Å². The van der Waals surface area contributed by atoms with Crippen molar-refractivity contribution in [2.75, 3.05) is 11.3 Å². The average molecular weight is 319 g/mol. The third-order valence-electron chi connectivity index (χ3n) is 2.20. The second-order valence-electron chi connectivity index (χ2n) is 3.63. The second-order valence-corrected chi connectivity index (χ2v) is 6.35. The smallest absolute Gasteiger partial charge is 0.265 e. The van der Waals surface area contributed by atoms with E-state index >= 15 is 0 Å². The van der Waals surface area contributed by atoms with Gasteiger partial charge in [-0.3, -0.25) is 4.72 Å². The molecule has 0 spiro atoms. The van der Waals surface area contributed by atoms with Crippen LogP contribution in [-0.2, 0) is 10.0 Å². The highest BCUT2D eigenvalue weighted by atomic mass is 32.2. The van der Waals surface area contributed by atoms with Gasteiger partial charge in [-0.25, -0.2) is 18.4 Å². The molecular formula is C12H9N5O2S2. The molecule has 106 valence electrons. The van der Waals surface area contributed by atoms with Crippen molar-refractivity contribution in [1.29, 1.82) is 5.26 Å². The van der Waals surface area contributed by atoms with Crippen LogP contribution in [0.3, 0.4) is 0 Å². The first kappa shape index (κ1) is 14.9. The maximum atomic E-state index is 12.1. The lowest BCUT2D eigenvalue weighted by atomic mass is 10.4. The maximum Gasteiger partial charge on any atom is 0.265 e. The van der Waals surface area contributed by atoms with Crippen molar-refractivity contribution >= 4 is 26.5 Å². The standard InChI is InChI=1S/C12H9N5O2S2/c13-5-1-2-10-7-16-12(20-10)17-21(18,19)11-4-3-9(6-14)15-8-11/h3-4,7-8H,5,13H2,(H,16,17). The molecule has 7 nitrogen and oxygen atoms in total. The van der Waals surface area contributed by atoms with Crippen LogP contribution in [0.25, 0.3) is 0 Å². The molecule has 2 heterocycles. The van der Waals surface area contributed by atoms with Crippen LogP contribution in [0.4, 0.5) is 5.13 Å². The van der Waals surface area contributed by atoms with E-state index in [1.165, 1.54) is 18.3 Å². The van der Waals surface area contributed by atoms with Crippen molar-refractivity contribution in [3.63, 3.8) is 0 Å². The maximum absolute atomic E-state index is 12.1. The first-order valence-electron chi connectivity index (χ1n) is 5.59. The van der Waals surface area contributed by atoms with E-state index in [-0.39, 0.29) is 22.3 Å². The van der Waals surface area contributed by atoms with Crippen LogP contribution in [0.2, 0.25) is 0 Å². The van der Waals surface area contributed by atoms with E-state index in [2.05, 4.69) is 26.5 Å². The van der Waals surface area contributed by atoms with Gasteiger partial charge in [-0.05, 0) is 12.1 Å². The minimum atomic E-state index is -3.79. The minimum absolute atomic E-state index is 0.0497. The Morgan fingerprint density at radius 3 is 2.76 bits per heavy atom. The Hall–Kier alpha value is -2.46. The lowest BCUT2D eigenvalue weighted by molar-refractivity contribution is 0.600. The van der Waals surface area contributed by atoms with Gasteiger partial charge < -0.3 is 5.73 Å². The number of pyridine rings is 1. The Bertz CT molecular complexity index is 838. The fourth-order valence-electron chi connectivity index (χ4n) is 1.30. The molecule has 0 fully saturated rings. The van der Waals surface area contributed by atoms with Crippen LogP contribution in [0.15, 0.2) is 29.4 Å². The largest absolute Gasteiger partial charge is 0.320 e. The molecule has 21 heavy (non-hydrogen) atoms. The van der Waals surface area contributed by atoms with Crippen molar-refractivity contribution in [2.45, 2.75) is 4.90 Å². The highest BCUT2D eigenvalue weighted by Gasteiger charge is 2.16. The molecule has 0 aliphatic heterocycles. The summed E-state index contributed by atoms with van der Waals surface area (Å²) >= 11 is 1.10. The van der Waals surface area contributed by atoms with Crippen LogP contribution in [-0.4, -0.2) is 24.9 Å². The van der Waals surface area contributed by atoms with Gasteiger partial charge in [-0.2, -0.15) is 5.26 Å². The summed E-state index contributed by atoms with van der Waals surface area (Å²) in [5, 5.41) is 8.83. The molecule has 0 aliphatic carbocycles. The number of rotatable bonds is 3. The molecule has 0 aliphatic rings. The molecule has 0 amide bonds. The summed E-state index contributed by atoms with van der Waals surface area (Å²) in [5.41, 5.74) is 5.40. The van der Waals surface area contributed by atoms with Crippen molar-refractivity contribution < 1.29 is 8.42 Å². The quantitative estimate of drug-likeness (QED) is 0.795. The van der Waals surface area contributed by atoms with Gasteiger partial charge in [0.1, 0.15) is 16.7 Å². The topological polar surface area (TPSA) is 122 Å². The van der Waals surface area contributed by atoms with Gasteiger partial charge in [-0.15, -0.1) is 0 Å². The number of hydrogen-bond donors (Lipinski definition) is 2. The van der Waals surface area contributed by atoms with Crippen molar-refractivity contribution in [2.24, 2.45) is 5.73 Å². The summed E-state index contributed by atoms with van der Waals surface area (Å²) in [6.45, 7) is 0.218. The molecule has 2 aromatic rings. The Morgan fingerprint density at radius 2 is 2.14 bits per heavy atom. The SMILES string of the molecule is N#Cc1ccc(S(=O)(=O)Nc2ncc(C#CCN)s2)cn1. The van der Waals surface area contributed by atoms with E-state index in [1.54, 1.807) is 0 Å². The van der Waals surface area contributed by atoms with E-state index in [4.69, 9.17) is 11.0 Å². The molecule has 0 radical (unpaired) electrons. The number of hydrogen-bond acceptors (Lipinski definition) is 7. The summed E-state index contributed by atoms with van der Waals surface area (Å²) < 4.78 is 26.5. The lowest BCUT2D eigenvalue weighted by Gasteiger charge is -2.03. The highest BCUT2D eigenvalue weighted by Crippen LogP contribution is 2.20. The molecule has 9 heteroatoms. The van der Waals surface area contributed by atoms with Crippen molar-refractivity contribution in [3.8, 4) is 17.9 Å². The molecule has 0 saturated carbocycles. The number of nitrogens with zero attached hydrogens (tertiary/aromatic N) is 3. The minimum Gasteiger partial charge on any atom is -0.320 e. The Balaban J connectivity index is 2.20. The third kappa shape index (κ3) is 3.77. The number of nitrogens with one attached hydrogen (secondary N) is 1. The average Bonchev–Trinajstić information content (AvgIpc) is 2.92. The molecule has 0 aromatic carbocycles. The zero-order valence-electron chi connectivity index (χ0n) is 10.6. The van der Waals surface area contributed by atoms with E-state index in [0.717, 1.165) is 17.5 Å². The van der Waals surface area contributed by atoms with Crippen molar-refractivity contribution in [1.82, 2.24) is 9.97 Å². The molecule has 2 rings (SSSR count). The predicted molar refractivity (Wildman–Crippen MR) is 77.8 cm³/mol. The Labute approximate surface area is 125 Å². The van der Waals surface area contributed by atoms with E-state index < -0.39 is 10.0 Å². The fourth-order valence-corrected chi connectivity index (χ4v) is 3.17. The van der Waals surface area contributed by atoms with Gasteiger partial charge in [0, 0.05) is 6.20 Å². The van der Waals surface area contributed by atoms with Crippen LogP contribution in [0.5, 0.6) is 0 Å². The van der Waals surface area contributed by atoms with E-state index in [1.807, 2.05) is 6.07 Å². The monoisotopic (exact) mass is 319 g/mol. The van der Waals surface area contributed by atoms with E-state index in [0.29, 0.717) is 4.88 Å². The third-order valence-corrected chi connectivity index (χ3v) is 4.48. The van der Waals surface area contributed by atoms with Crippen LogP contribution < -0.4 is 10.5 Å². The first-order valence-corrected chi connectivity index (χ1v) is 7.89. The fraction of sp³-hybridized carbons (Fsp3) is 0.0833. The summed E-state index contributed by atoms with van der Waals surface area (Å²) in [5.74, 6) is 5.42. The number of anilines is 1. The normalized spacial score (nSPS) is 10.3. The molecule has 0 bridgehead atoms. The number of nitriles is 1. The lowest BCUT2D eigenvalue weighted by Crippen LogP contribution is -2.13. The van der Waals surface area contributed by atoms with Gasteiger partial charge in [-0.1, -0.05) is 23.2 Å². The molecule has 3 N–H and O–H groups in total. The summed E-state index contributed by atoms with van der Waals surface area (Å²) in [6, 6.07) is 4.45.